The number of nitrogens with one attached hydrogen (secondary N) is 1. The van der Waals surface area contributed by atoms with Gasteiger partial charge < -0.3 is 10.2 Å². The molecule has 0 radical (unpaired) electrons. The molecule has 2 aliphatic rings. The number of nitrogens with zero attached hydrogens (tertiary/aromatic N) is 1. The van der Waals surface area contributed by atoms with E-state index in [2.05, 4.69) is 17.1 Å². The number of hydrogen-bond donors (Lipinski definition) is 1. The van der Waals surface area contributed by atoms with Gasteiger partial charge in [0.1, 0.15) is 0 Å². The van der Waals surface area contributed by atoms with Gasteiger partial charge >= 0.3 is 0 Å². The monoisotopic (exact) mass is 230 g/mol. The maximum atomic E-state index is 11.5. The Labute approximate surface area is 99.6 Å². The van der Waals surface area contributed by atoms with E-state index in [-0.39, 0.29) is 0 Å². The Morgan fingerprint density at radius 3 is 2.88 bits per heavy atom. The second kappa shape index (κ2) is 3.58. The van der Waals surface area contributed by atoms with Gasteiger partial charge in [-0.05, 0) is 30.5 Å². The molecule has 4 heteroatoms. The van der Waals surface area contributed by atoms with Gasteiger partial charge in [-0.15, -0.1) is 0 Å². The Kier molecular flexibility index (Phi) is 2.18. The lowest BCUT2D eigenvalue weighted by molar-refractivity contribution is -0.112. The zero-order chi connectivity index (χ0) is 12.0. The molecule has 1 aromatic rings. The van der Waals surface area contributed by atoms with Crippen LogP contribution in [0.25, 0.3) is 0 Å². The fraction of sp³-hybridized carbons (Fsp3) is 0.385. The number of amides is 1. The lowest BCUT2D eigenvalue weighted by Crippen LogP contribution is -2.18. The summed E-state index contributed by atoms with van der Waals surface area (Å²) in [5.74, 6) is -0.243. The summed E-state index contributed by atoms with van der Waals surface area (Å²) in [5, 5.41) is 2.61. The van der Waals surface area contributed by atoms with Gasteiger partial charge in [0.05, 0.1) is 11.3 Å². The fourth-order valence-corrected chi connectivity index (χ4v) is 2.50. The van der Waals surface area contributed by atoms with Crippen LogP contribution in [0.1, 0.15) is 23.7 Å². The minimum Gasteiger partial charge on any atom is -0.371 e. The number of rotatable bonds is 1. The molecule has 2 aliphatic heterocycles. The van der Waals surface area contributed by atoms with Crippen molar-refractivity contribution in [2.45, 2.75) is 13.3 Å². The zero-order valence-electron chi connectivity index (χ0n) is 9.69. The van der Waals surface area contributed by atoms with E-state index in [0.717, 1.165) is 18.8 Å². The summed E-state index contributed by atoms with van der Waals surface area (Å²) in [6.45, 7) is 4.32. The van der Waals surface area contributed by atoms with Crippen LogP contribution in [0.3, 0.4) is 0 Å². The summed E-state index contributed by atoms with van der Waals surface area (Å²) in [4.78, 5) is 25.0. The first-order chi connectivity index (χ1) is 8.15. The van der Waals surface area contributed by atoms with Gasteiger partial charge in [-0.1, -0.05) is 6.92 Å². The predicted molar refractivity (Wildman–Crippen MR) is 65.4 cm³/mol. The summed E-state index contributed by atoms with van der Waals surface area (Å²) < 4.78 is 0. The van der Waals surface area contributed by atoms with Crippen molar-refractivity contribution in [3.05, 3.63) is 23.8 Å². The number of Topliss-reactive ketones (excluding diaryl/α,β-unsaturated/α-hetero) is 1. The largest absolute Gasteiger partial charge is 0.371 e. The first kappa shape index (κ1) is 10.3. The second-order valence-electron chi connectivity index (χ2n) is 4.85. The van der Waals surface area contributed by atoms with Crippen molar-refractivity contribution in [3.8, 4) is 0 Å². The van der Waals surface area contributed by atoms with Crippen LogP contribution in [-0.2, 0) is 4.79 Å². The number of carbonyl (C=O) groups is 2. The molecule has 0 bridgehead atoms. The third kappa shape index (κ3) is 1.60. The SMILES string of the molecule is CC1CCN(c2ccc3c(c2)NC(=O)C3=O)C1. The van der Waals surface area contributed by atoms with Crippen molar-refractivity contribution in [2.75, 3.05) is 23.3 Å². The standard InChI is InChI=1S/C13H14N2O2/c1-8-4-5-15(7-8)9-2-3-10-11(6-9)14-13(17)12(10)16/h2-3,6,8H,4-5,7H2,1H3,(H,14,16,17). The quantitative estimate of drug-likeness (QED) is 0.746. The summed E-state index contributed by atoms with van der Waals surface area (Å²) >= 11 is 0. The highest BCUT2D eigenvalue weighted by Gasteiger charge is 2.29. The molecule has 0 spiro atoms. The van der Waals surface area contributed by atoms with E-state index in [1.807, 2.05) is 12.1 Å². The lowest BCUT2D eigenvalue weighted by atomic mass is 10.1. The average molecular weight is 230 g/mol. The molecular weight excluding hydrogens is 216 g/mol. The minimum absolute atomic E-state index is 0.429. The average Bonchev–Trinajstić information content (AvgIpc) is 2.85. The van der Waals surface area contributed by atoms with Gasteiger partial charge in [-0.2, -0.15) is 0 Å². The van der Waals surface area contributed by atoms with Gasteiger partial charge in [-0.3, -0.25) is 9.59 Å². The molecule has 17 heavy (non-hydrogen) atoms. The topological polar surface area (TPSA) is 49.4 Å². The molecule has 1 fully saturated rings. The molecule has 0 saturated carbocycles. The molecule has 0 aliphatic carbocycles. The van der Waals surface area contributed by atoms with Crippen LogP contribution in [0.15, 0.2) is 18.2 Å². The highest BCUT2D eigenvalue weighted by atomic mass is 16.2. The summed E-state index contributed by atoms with van der Waals surface area (Å²) in [5.41, 5.74) is 2.23. The maximum absolute atomic E-state index is 11.5. The van der Waals surface area contributed by atoms with E-state index in [0.29, 0.717) is 17.2 Å². The number of benzene rings is 1. The molecule has 2 heterocycles. The molecule has 3 rings (SSSR count). The molecule has 1 amide bonds. The second-order valence-corrected chi connectivity index (χ2v) is 4.85. The Morgan fingerprint density at radius 2 is 2.18 bits per heavy atom. The first-order valence-electron chi connectivity index (χ1n) is 5.90. The lowest BCUT2D eigenvalue weighted by Gasteiger charge is -2.18. The molecule has 1 unspecified atom stereocenters. The third-order valence-corrected chi connectivity index (χ3v) is 3.49. The molecule has 1 saturated heterocycles. The molecular formula is C13H14N2O2. The molecule has 1 N–H and O–H groups in total. The molecule has 1 aromatic carbocycles. The third-order valence-electron chi connectivity index (χ3n) is 3.49. The van der Waals surface area contributed by atoms with Crippen molar-refractivity contribution in [1.82, 2.24) is 0 Å². The van der Waals surface area contributed by atoms with E-state index < -0.39 is 11.7 Å². The van der Waals surface area contributed by atoms with Crippen LogP contribution in [0, 0.1) is 5.92 Å². The Bertz CT molecular complexity index is 510. The Balaban J connectivity index is 1.93. The molecule has 0 aromatic heterocycles. The number of hydrogen-bond acceptors (Lipinski definition) is 3. The van der Waals surface area contributed by atoms with Gasteiger partial charge in [-0.25, -0.2) is 0 Å². The first-order valence-corrected chi connectivity index (χ1v) is 5.90. The number of anilines is 2. The molecule has 4 nitrogen and oxygen atoms in total. The van der Waals surface area contributed by atoms with Crippen LogP contribution in [0.4, 0.5) is 11.4 Å². The highest BCUT2D eigenvalue weighted by Crippen LogP contribution is 2.30. The normalized spacial score (nSPS) is 22.9. The van der Waals surface area contributed by atoms with Crippen LogP contribution in [0.5, 0.6) is 0 Å². The van der Waals surface area contributed by atoms with E-state index >= 15 is 0 Å². The van der Waals surface area contributed by atoms with Gasteiger partial charge in [0, 0.05) is 18.8 Å². The summed E-state index contributed by atoms with van der Waals surface area (Å²) in [6, 6.07) is 5.57. The van der Waals surface area contributed by atoms with Crippen molar-refractivity contribution in [2.24, 2.45) is 5.92 Å². The van der Waals surface area contributed by atoms with E-state index in [9.17, 15) is 9.59 Å². The Morgan fingerprint density at radius 1 is 1.35 bits per heavy atom. The van der Waals surface area contributed by atoms with Gasteiger partial charge in [0.2, 0.25) is 0 Å². The summed E-state index contributed by atoms with van der Waals surface area (Å²) in [7, 11) is 0. The van der Waals surface area contributed by atoms with Crippen molar-refractivity contribution in [3.63, 3.8) is 0 Å². The molecule has 88 valence electrons. The zero-order valence-corrected chi connectivity index (χ0v) is 9.69. The van der Waals surface area contributed by atoms with Crippen LogP contribution >= 0.6 is 0 Å². The predicted octanol–water partition coefficient (Wildman–Crippen LogP) is 1.67. The summed E-state index contributed by atoms with van der Waals surface area (Å²) in [6.07, 6.45) is 1.20. The maximum Gasteiger partial charge on any atom is 0.296 e. The fourth-order valence-electron chi connectivity index (χ4n) is 2.50. The molecule has 1 atom stereocenters. The number of fused-ring (bicyclic) bond motifs is 1. The highest BCUT2D eigenvalue weighted by molar-refractivity contribution is 6.51. The van der Waals surface area contributed by atoms with Crippen molar-refractivity contribution < 1.29 is 9.59 Å². The van der Waals surface area contributed by atoms with Crippen molar-refractivity contribution >= 4 is 23.1 Å². The minimum atomic E-state index is -0.521. The number of carbonyl (C=O) groups excluding carboxylic acids is 2. The van der Waals surface area contributed by atoms with Crippen LogP contribution < -0.4 is 10.2 Å². The van der Waals surface area contributed by atoms with E-state index in [1.165, 1.54) is 6.42 Å². The smallest absolute Gasteiger partial charge is 0.296 e. The van der Waals surface area contributed by atoms with E-state index in [1.54, 1.807) is 6.07 Å². The van der Waals surface area contributed by atoms with Crippen molar-refractivity contribution in [1.29, 1.82) is 0 Å². The van der Waals surface area contributed by atoms with Crippen LogP contribution in [-0.4, -0.2) is 24.8 Å². The van der Waals surface area contributed by atoms with E-state index in [4.69, 9.17) is 0 Å². The Hall–Kier alpha value is -1.84. The van der Waals surface area contributed by atoms with Gasteiger partial charge in [0.15, 0.2) is 0 Å². The van der Waals surface area contributed by atoms with Crippen LogP contribution in [0.2, 0.25) is 0 Å². The van der Waals surface area contributed by atoms with Gasteiger partial charge in [0.25, 0.3) is 11.7 Å². The number of ketones is 1.